The summed E-state index contributed by atoms with van der Waals surface area (Å²) in [4.78, 5) is 0. The molecule has 0 saturated carbocycles. The van der Waals surface area contributed by atoms with E-state index in [2.05, 4.69) is 5.32 Å². The van der Waals surface area contributed by atoms with Crippen molar-refractivity contribution in [2.24, 2.45) is 0 Å². The van der Waals surface area contributed by atoms with Crippen LogP contribution in [0.2, 0.25) is 0 Å². The second kappa shape index (κ2) is 4.05. The van der Waals surface area contributed by atoms with E-state index in [-0.39, 0.29) is 0 Å². The Labute approximate surface area is 43.0 Å². The van der Waals surface area contributed by atoms with Gasteiger partial charge in [-0.3, -0.25) is 0 Å². The lowest BCUT2D eigenvalue weighted by Crippen LogP contribution is -2.11. The molecule has 3 heteroatoms. The Balaban J connectivity index is 2.68. The van der Waals surface area contributed by atoms with Gasteiger partial charge in [-0.15, -0.1) is 0 Å². The van der Waals surface area contributed by atoms with Gasteiger partial charge < -0.3 is 10.2 Å². The quantitative estimate of drug-likeness (QED) is 0.447. The van der Waals surface area contributed by atoms with Gasteiger partial charge in [0, 0.05) is 20.0 Å². The van der Waals surface area contributed by atoms with Crippen molar-refractivity contribution in [1.82, 2.24) is 5.32 Å². The van der Waals surface area contributed by atoms with Crippen molar-refractivity contribution >= 4 is 0 Å². The van der Waals surface area contributed by atoms with Gasteiger partial charge in [0.25, 0.3) is 0 Å². The van der Waals surface area contributed by atoms with Crippen LogP contribution in [0, 0.1) is 0 Å². The van der Waals surface area contributed by atoms with Crippen molar-refractivity contribution in [3.63, 3.8) is 0 Å². The SMILES string of the molecule is C[N]CCC(O)O. The fourth-order valence-electron chi connectivity index (χ4n) is 0.245. The van der Waals surface area contributed by atoms with Crippen molar-refractivity contribution in [2.75, 3.05) is 13.6 Å². The third-order valence-electron chi connectivity index (χ3n) is 0.611. The van der Waals surface area contributed by atoms with Crippen molar-refractivity contribution in [3.8, 4) is 0 Å². The van der Waals surface area contributed by atoms with Gasteiger partial charge >= 0.3 is 0 Å². The highest BCUT2D eigenvalue weighted by Crippen LogP contribution is 1.80. The van der Waals surface area contributed by atoms with Crippen molar-refractivity contribution in [3.05, 3.63) is 0 Å². The van der Waals surface area contributed by atoms with E-state index in [0.717, 1.165) is 0 Å². The molecule has 0 bridgehead atoms. The van der Waals surface area contributed by atoms with Crippen molar-refractivity contribution < 1.29 is 10.2 Å². The number of nitrogens with zero attached hydrogens (tertiary/aromatic N) is 1. The summed E-state index contributed by atoms with van der Waals surface area (Å²) < 4.78 is 0. The third kappa shape index (κ3) is 5.88. The zero-order chi connectivity index (χ0) is 5.70. The van der Waals surface area contributed by atoms with Crippen molar-refractivity contribution in [1.29, 1.82) is 0 Å². The van der Waals surface area contributed by atoms with Crippen LogP contribution < -0.4 is 5.32 Å². The van der Waals surface area contributed by atoms with Crippen LogP contribution in [-0.4, -0.2) is 30.1 Å². The summed E-state index contributed by atoms with van der Waals surface area (Å²) in [6, 6.07) is 0. The second-order valence-corrected chi connectivity index (χ2v) is 1.31. The van der Waals surface area contributed by atoms with Crippen LogP contribution in [0.5, 0.6) is 0 Å². The molecule has 0 rings (SSSR count). The monoisotopic (exact) mass is 104 g/mol. The van der Waals surface area contributed by atoms with E-state index in [1.165, 1.54) is 0 Å². The fraction of sp³-hybridized carbons (Fsp3) is 1.00. The minimum Gasteiger partial charge on any atom is -0.368 e. The minimum absolute atomic E-state index is 0.344. The van der Waals surface area contributed by atoms with Gasteiger partial charge in [-0.1, -0.05) is 0 Å². The first-order valence-electron chi connectivity index (χ1n) is 2.19. The van der Waals surface area contributed by atoms with Crippen LogP contribution in [0.4, 0.5) is 0 Å². The number of hydrogen-bond donors (Lipinski definition) is 2. The summed E-state index contributed by atoms with van der Waals surface area (Å²) in [5, 5.41) is 20.0. The molecule has 0 amide bonds. The average molecular weight is 104 g/mol. The largest absolute Gasteiger partial charge is 0.368 e. The maximum atomic E-state index is 8.18. The highest BCUT2D eigenvalue weighted by atomic mass is 16.5. The van der Waals surface area contributed by atoms with Gasteiger partial charge in [0.2, 0.25) is 0 Å². The molecule has 1 radical (unpaired) electrons. The first-order valence-corrected chi connectivity index (χ1v) is 2.19. The molecule has 0 aromatic rings. The van der Waals surface area contributed by atoms with E-state index < -0.39 is 6.29 Å². The summed E-state index contributed by atoms with van der Waals surface area (Å²) in [6.45, 7) is 0.525. The molecular formula is C4H10NO2. The van der Waals surface area contributed by atoms with Crippen LogP contribution >= 0.6 is 0 Å². The summed E-state index contributed by atoms with van der Waals surface area (Å²) in [5.74, 6) is 0. The van der Waals surface area contributed by atoms with E-state index >= 15 is 0 Å². The molecule has 3 nitrogen and oxygen atoms in total. The molecule has 0 aliphatic heterocycles. The summed E-state index contributed by atoms with van der Waals surface area (Å²) in [5.41, 5.74) is 0. The average Bonchev–Trinajstić information content (AvgIpc) is 1.61. The second-order valence-electron chi connectivity index (χ2n) is 1.31. The molecule has 7 heavy (non-hydrogen) atoms. The van der Waals surface area contributed by atoms with Gasteiger partial charge in [0.1, 0.15) is 0 Å². The first kappa shape index (κ1) is 6.88. The molecule has 2 N–H and O–H groups in total. The Kier molecular flexibility index (Phi) is 3.98. The molecule has 0 unspecified atom stereocenters. The van der Waals surface area contributed by atoms with Crippen LogP contribution in [0.25, 0.3) is 0 Å². The van der Waals surface area contributed by atoms with Gasteiger partial charge in [-0.05, 0) is 0 Å². The Bertz CT molecular complexity index is 38.7. The molecule has 0 atom stereocenters. The van der Waals surface area contributed by atoms with Gasteiger partial charge in [0.15, 0.2) is 6.29 Å². The number of hydrogen-bond acceptors (Lipinski definition) is 2. The predicted octanol–water partition coefficient (Wildman–Crippen LogP) is -1.08. The van der Waals surface area contributed by atoms with Gasteiger partial charge in [-0.2, -0.15) is 0 Å². The zero-order valence-electron chi connectivity index (χ0n) is 4.33. The van der Waals surface area contributed by atoms with Gasteiger partial charge in [0.05, 0.1) is 0 Å². The molecule has 0 heterocycles. The first-order chi connectivity index (χ1) is 3.27. The normalized spacial score (nSPS) is 10.3. The van der Waals surface area contributed by atoms with E-state index in [0.29, 0.717) is 13.0 Å². The molecule has 0 saturated heterocycles. The molecule has 0 spiro atoms. The highest BCUT2D eigenvalue weighted by Gasteiger charge is 1.92. The van der Waals surface area contributed by atoms with E-state index in [9.17, 15) is 0 Å². The fourth-order valence-corrected chi connectivity index (χ4v) is 0.245. The molecular weight excluding hydrogens is 94.0 g/mol. The molecule has 0 fully saturated rings. The lowest BCUT2D eigenvalue weighted by Gasteiger charge is -1.97. The maximum absolute atomic E-state index is 8.18. The van der Waals surface area contributed by atoms with Crippen LogP contribution in [0.3, 0.4) is 0 Å². The van der Waals surface area contributed by atoms with Crippen LogP contribution in [0.15, 0.2) is 0 Å². The Morgan fingerprint density at radius 2 is 2.14 bits per heavy atom. The molecule has 0 aromatic carbocycles. The Morgan fingerprint density at radius 1 is 1.57 bits per heavy atom. The van der Waals surface area contributed by atoms with Crippen LogP contribution in [0.1, 0.15) is 6.42 Å². The molecule has 0 aliphatic carbocycles. The summed E-state index contributed by atoms with van der Waals surface area (Å²) in [6.07, 6.45) is -0.847. The smallest absolute Gasteiger partial charge is 0.152 e. The van der Waals surface area contributed by atoms with Crippen LogP contribution in [-0.2, 0) is 0 Å². The molecule has 0 aliphatic rings. The number of rotatable bonds is 3. The lowest BCUT2D eigenvalue weighted by atomic mass is 10.4. The third-order valence-corrected chi connectivity index (χ3v) is 0.611. The minimum atomic E-state index is -1.19. The maximum Gasteiger partial charge on any atom is 0.152 e. The highest BCUT2D eigenvalue weighted by molar-refractivity contribution is 4.39. The molecule has 43 valence electrons. The lowest BCUT2D eigenvalue weighted by molar-refractivity contribution is -0.0442. The standard InChI is InChI=1S/C4H10NO2/c1-5-3-2-4(6)7/h4,6-7H,2-3H2,1H3. The number of aliphatic hydroxyl groups is 2. The predicted molar refractivity (Wildman–Crippen MR) is 25.8 cm³/mol. The summed E-state index contributed by atoms with van der Waals surface area (Å²) >= 11 is 0. The van der Waals surface area contributed by atoms with Crippen molar-refractivity contribution in [2.45, 2.75) is 12.7 Å². The molecule has 0 aromatic heterocycles. The number of aliphatic hydroxyl groups excluding tert-OH is 1. The summed E-state index contributed by atoms with van der Waals surface area (Å²) in [7, 11) is 1.64. The van der Waals surface area contributed by atoms with E-state index in [1.807, 2.05) is 0 Å². The zero-order valence-corrected chi connectivity index (χ0v) is 4.33. The van der Waals surface area contributed by atoms with Gasteiger partial charge in [-0.25, -0.2) is 5.32 Å². The van der Waals surface area contributed by atoms with E-state index in [1.54, 1.807) is 7.05 Å². The van der Waals surface area contributed by atoms with E-state index in [4.69, 9.17) is 10.2 Å². The Morgan fingerprint density at radius 3 is 2.29 bits per heavy atom. The topological polar surface area (TPSA) is 54.6 Å². The Hall–Kier alpha value is -0.120.